The fourth-order valence-corrected chi connectivity index (χ4v) is 5.31. The van der Waals surface area contributed by atoms with Crippen LogP contribution in [0.5, 0.6) is 0 Å². The minimum Gasteiger partial charge on any atom is -0.467 e. The van der Waals surface area contributed by atoms with Crippen LogP contribution in [0, 0.1) is 18.6 Å². The molecule has 4 heterocycles. The zero-order chi connectivity index (χ0) is 34.3. The van der Waals surface area contributed by atoms with Crippen LogP contribution in [0.15, 0.2) is 48.8 Å². The number of morpholine rings is 1. The van der Waals surface area contributed by atoms with Gasteiger partial charge in [-0.3, -0.25) is 9.78 Å². The maximum absolute atomic E-state index is 15.2. The van der Waals surface area contributed by atoms with Crippen molar-refractivity contribution in [3.05, 3.63) is 82.9 Å². The van der Waals surface area contributed by atoms with Gasteiger partial charge in [-0.1, -0.05) is 0 Å². The normalized spacial score (nSPS) is 16.3. The summed E-state index contributed by atoms with van der Waals surface area (Å²) in [5, 5.41) is 2.18. The average Bonchev–Trinajstić information content (AvgIpc) is 3.49. The van der Waals surface area contributed by atoms with Gasteiger partial charge in [0.15, 0.2) is 0 Å². The molecular formula is C30H25F8N5O4. The first-order valence-corrected chi connectivity index (χ1v) is 13.9. The number of carbonyl (C=O) groups excluding carboxylic acids is 2. The molecule has 3 aromatic heterocycles. The van der Waals surface area contributed by atoms with Crippen molar-refractivity contribution in [2.45, 2.75) is 37.8 Å². The van der Waals surface area contributed by atoms with Crippen molar-refractivity contribution in [2.75, 3.05) is 31.8 Å². The van der Waals surface area contributed by atoms with Crippen LogP contribution in [-0.4, -0.2) is 71.4 Å². The van der Waals surface area contributed by atoms with Crippen LogP contribution in [0.1, 0.15) is 27.3 Å². The van der Waals surface area contributed by atoms with E-state index in [1.807, 2.05) is 0 Å². The highest BCUT2D eigenvalue weighted by Gasteiger charge is 2.46. The highest BCUT2D eigenvalue weighted by atomic mass is 19.4. The fourth-order valence-electron chi connectivity index (χ4n) is 5.31. The molecule has 0 spiro atoms. The van der Waals surface area contributed by atoms with Gasteiger partial charge < -0.3 is 24.1 Å². The number of fused-ring (bicyclic) bond motifs is 1. The van der Waals surface area contributed by atoms with Crippen LogP contribution in [0.2, 0.25) is 0 Å². The Bertz CT molecular complexity index is 1800. The van der Waals surface area contributed by atoms with Crippen LogP contribution in [-0.2, 0) is 26.9 Å². The predicted molar refractivity (Wildman–Crippen MR) is 150 cm³/mol. The molecule has 1 aliphatic heterocycles. The topological polar surface area (TPSA) is 98.1 Å². The number of aryl methyl sites for hydroxylation is 1. The number of nitrogens with one attached hydrogen (secondary N) is 1. The zero-order valence-electron chi connectivity index (χ0n) is 24.5. The Balaban J connectivity index is 1.45. The predicted octanol–water partition coefficient (Wildman–Crippen LogP) is 5.28. The Morgan fingerprint density at radius 3 is 2.43 bits per heavy atom. The molecular weight excluding hydrogens is 646 g/mol. The number of methoxy groups -OCH3 is 1. The van der Waals surface area contributed by atoms with Crippen LogP contribution in [0.25, 0.3) is 16.9 Å². The molecule has 1 N–H and O–H groups in total. The van der Waals surface area contributed by atoms with Gasteiger partial charge in [-0.25, -0.2) is 18.6 Å². The van der Waals surface area contributed by atoms with Gasteiger partial charge >= 0.3 is 18.3 Å². The van der Waals surface area contributed by atoms with Crippen molar-refractivity contribution < 1.29 is 54.2 Å². The summed E-state index contributed by atoms with van der Waals surface area (Å²) in [5.41, 5.74) is -2.41. The van der Waals surface area contributed by atoms with Crippen LogP contribution in [0.3, 0.4) is 0 Å². The Kier molecular flexibility index (Phi) is 9.12. The van der Waals surface area contributed by atoms with E-state index in [-0.39, 0.29) is 42.2 Å². The largest absolute Gasteiger partial charge is 0.467 e. The van der Waals surface area contributed by atoms with Gasteiger partial charge in [-0.2, -0.15) is 26.3 Å². The smallest absolute Gasteiger partial charge is 0.418 e. The number of nitrogens with zero attached hydrogens (tertiary/aromatic N) is 4. The van der Waals surface area contributed by atoms with E-state index >= 15 is 8.78 Å². The van der Waals surface area contributed by atoms with Crippen molar-refractivity contribution in [1.29, 1.82) is 0 Å². The summed E-state index contributed by atoms with van der Waals surface area (Å²) in [5.74, 6) is -5.41. The molecule has 47 heavy (non-hydrogen) atoms. The molecule has 1 aromatic carbocycles. The molecule has 5 rings (SSSR count). The number of imidazole rings is 1. The summed E-state index contributed by atoms with van der Waals surface area (Å²) in [6.07, 6.45) is -7.19. The number of ether oxygens (including phenoxy) is 2. The summed E-state index contributed by atoms with van der Waals surface area (Å²) in [6.45, 7) is 0.310. The summed E-state index contributed by atoms with van der Waals surface area (Å²) in [4.78, 5) is 34.7. The van der Waals surface area contributed by atoms with E-state index in [1.165, 1.54) is 41.9 Å². The van der Waals surface area contributed by atoms with Gasteiger partial charge in [0.2, 0.25) is 0 Å². The van der Waals surface area contributed by atoms with E-state index in [0.29, 0.717) is 17.8 Å². The van der Waals surface area contributed by atoms with Crippen molar-refractivity contribution in [1.82, 2.24) is 19.7 Å². The maximum Gasteiger partial charge on any atom is 0.418 e. The van der Waals surface area contributed by atoms with Crippen LogP contribution in [0.4, 0.5) is 40.8 Å². The van der Waals surface area contributed by atoms with E-state index in [4.69, 9.17) is 9.47 Å². The third kappa shape index (κ3) is 6.84. The highest BCUT2D eigenvalue weighted by Crippen LogP contribution is 2.38. The Hall–Kier alpha value is -4.80. The standard InChI is InChI=1S/C30H25F8N5O4/c1-15-3-6-19(29(33,34)35)25(40-15)18-5-4-16(43-8-7-39-26(18)43)13-22(28(45)46-2)41-27(44)24-20(31)11-17(12-21(24)32)42-9-10-47-14-23(42)30(36,37)38/h3-8,11-12,22-23H,9-10,13-14H2,1-2H3,(H,41,44)/t22-,23+/m0/s1. The molecule has 0 saturated carbocycles. The fraction of sp³-hybridized carbons (Fsp3) is 0.333. The molecule has 0 unspecified atom stereocenters. The number of carbonyl (C=O) groups is 2. The maximum atomic E-state index is 15.2. The molecule has 9 nitrogen and oxygen atoms in total. The summed E-state index contributed by atoms with van der Waals surface area (Å²) < 4.78 is 123. The third-order valence-corrected chi connectivity index (χ3v) is 7.52. The number of esters is 1. The van der Waals surface area contributed by atoms with E-state index in [1.54, 1.807) is 0 Å². The van der Waals surface area contributed by atoms with Crippen molar-refractivity contribution in [3.63, 3.8) is 0 Å². The van der Waals surface area contributed by atoms with Crippen LogP contribution >= 0.6 is 0 Å². The van der Waals surface area contributed by atoms with E-state index < -0.39 is 71.4 Å². The molecule has 1 fully saturated rings. The van der Waals surface area contributed by atoms with Crippen molar-refractivity contribution in [3.8, 4) is 11.3 Å². The van der Waals surface area contributed by atoms with E-state index in [9.17, 15) is 35.9 Å². The van der Waals surface area contributed by atoms with Gasteiger partial charge in [0.1, 0.15) is 34.9 Å². The summed E-state index contributed by atoms with van der Waals surface area (Å²) in [7, 11) is 0.995. The number of benzene rings is 1. The van der Waals surface area contributed by atoms with Gasteiger partial charge in [-0.15, -0.1) is 0 Å². The quantitative estimate of drug-likeness (QED) is 0.211. The van der Waals surface area contributed by atoms with Gasteiger partial charge in [0, 0.05) is 48.0 Å². The number of halogens is 8. The Morgan fingerprint density at radius 1 is 1.09 bits per heavy atom. The molecule has 2 atom stereocenters. The Morgan fingerprint density at radius 2 is 1.79 bits per heavy atom. The lowest BCUT2D eigenvalue weighted by Gasteiger charge is -2.38. The summed E-state index contributed by atoms with van der Waals surface area (Å²) in [6, 6.07) is 2.21. The van der Waals surface area contributed by atoms with Gasteiger partial charge in [0.05, 0.1) is 31.6 Å². The first kappa shape index (κ1) is 33.6. The van der Waals surface area contributed by atoms with Crippen molar-refractivity contribution in [2.24, 2.45) is 0 Å². The van der Waals surface area contributed by atoms with E-state index in [0.717, 1.165) is 18.1 Å². The molecule has 250 valence electrons. The van der Waals surface area contributed by atoms with Crippen molar-refractivity contribution >= 4 is 23.2 Å². The number of hydrogen-bond donors (Lipinski definition) is 1. The lowest BCUT2D eigenvalue weighted by molar-refractivity contribution is -0.167. The number of hydrogen-bond acceptors (Lipinski definition) is 7. The lowest BCUT2D eigenvalue weighted by atomic mass is 10.0. The SMILES string of the molecule is COC(=O)[C@H](Cc1ccc(-c2nc(C)ccc2C(F)(F)F)c2nccn12)NC(=O)c1c(F)cc(N2CCOC[C@@H]2C(F)(F)F)cc1F. The molecule has 0 aliphatic carbocycles. The number of anilines is 1. The van der Waals surface area contributed by atoms with Gasteiger partial charge in [-0.05, 0) is 43.3 Å². The molecule has 0 radical (unpaired) electrons. The minimum atomic E-state index is -4.77. The van der Waals surface area contributed by atoms with Crippen LogP contribution < -0.4 is 10.2 Å². The lowest BCUT2D eigenvalue weighted by Crippen LogP contribution is -2.53. The van der Waals surface area contributed by atoms with E-state index in [2.05, 4.69) is 15.3 Å². The second-order valence-electron chi connectivity index (χ2n) is 10.6. The minimum absolute atomic E-state index is 0.0192. The molecule has 1 saturated heterocycles. The molecule has 0 bridgehead atoms. The number of aromatic nitrogens is 3. The second kappa shape index (κ2) is 12.8. The molecule has 1 aliphatic rings. The first-order chi connectivity index (χ1) is 22.1. The average molecular weight is 672 g/mol. The zero-order valence-corrected chi connectivity index (χ0v) is 24.5. The second-order valence-corrected chi connectivity index (χ2v) is 10.6. The highest BCUT2D eigenvalue weighted by molar-refractivity contribution is 5.97. The molecule has 17 heteroatoms. The third-order valence-electron chi connectivity index (χ3n) is 7.52. The van der Waals surface area contributed by atoms with Gasteiger partial charge in [0.25, 0.3) is 5.91 Å². The number of pyridine rings is 2. The number of amides is 1. The monoisotopic (exact) mass is 671 g/mol. The molecule has 1 amide bonds. The number of rotatable bonds is 7. The Labute approximate surface area is 261 Å². The molecule has 4 aromatic rings. The number of alkyl halides is 6. The first-order valence-electron chi connectivity index (χ1n) is 13.9. The summed E-state index contributed by atoms with van der Waals surface area (Å²) >= 11 is 0.